The van der Waals surface area contributed by atoms with E-state index in [1.54, 1.807) is 12.1 Å². The van der Waals surface area contributed by atoms with Gasteiger partial charge in [-0.1, -0.05) is 0 Å². The Balaban J connectivity index is 0.00000200. The maximum atomic E-state index is 12.2. The summed E-state index contributed by atoms with van der Waals surface area (Å²) < 4.78 is 5.07. The number of carbonyl (C=O) groups is 1. The van der Waals surface area contributed by atoms with Crippen LogP contribution in [0.25, 0.3) is 0 Å². The average Bonchev–Trinajstić information content (AvgIpc) is 2.42. The molecule has 0 spiro atoms. The van der Waals surface area contributed by atoms with E-state index in [1.165, 1.54) is 13.2 Å². The van der Waals surface area contributed by atoms with Crippen LogP contribution in [-0.2, 0) is 0 Å². The van der Waals surface area contributed by atoms with Gasteiger partial charge in [0.15, 0.2) is 0 Å². The minimum Gasteiger partial charge on any atom is -0.507 e. The number of halogens is 1. The van der Waals surface area contributed by atoms with Gasteiger partial charge in [0.2, 0.25) is 0 Å². The average molecular weight is 301 g/mol. The number of aromatic hydroxyl groups is 1. The Kier molecular flexibility index (Phi) is 6.10. The number of phenols is 1. The van der Waals surface area contributed by atoms with Crippen molar-refractivity contribution < 1.29 is 14.6 Å². The number of phenolic OH excluding ortho intramolecular Hbond substituents is 1. The first-order valence-corrected chi connectivity index (χ1v) is 6.53. The molecule has 0 aliphatic carbocycles. The van der Waals surface area contributed by atoms with Gasteiger partial charge < -0.3 is 20.5 Å². The van der Waals surface area contributed by atoms with E-state index in [9.17, 15) is 9.90 Å². The molecule has 1 fully saturated rings. The highest BCUT2D eigenvalue weighted by Gasteiger charge is 2.24. The Hall–Kier alpha value is -1.46. The van der Waals surface area contributed by atoms with Gasteiger partial charge in [0.25, 0.3) is 5.91 Å². The summed E-state index contributed by atoms with van der Waals surface area (Å²) in [6.07, 6.45) is 1.99. The highest BCUT2D eigenvalue weighted by Crippen LogP contribution is 2.23. The number of piperidine rings is 1. The zero-order valence-electron chi connectivity index (χ0n) is 11.7. The number of hydrogen-bond acceptors (Lipinski definition) is 4. The molecule has 0 radical (unpaired) electrons. The van der Waals surface area contributed by atoms with E-state index in [-0.39, 0.29) is 41.7 Å². The number of ether oxygens (including phenoxy) is 1. The predicted molar refractivity (Wildman–Crippen MR) is 79.9 cm³/mol. The Morgan fingerprint density at radius 1 is 1.50 bits per heavy atom. The Morgan fingerprint density at radius 2 is 2.25 bits per heavy atom. The molecule has 1 amide bonds. The zero-order valence-corrected chi connectivity index (χ0v) is 12.5. The molecule has 2 atom stereocenters. The van der Waals surface area contributed by atoms with E-state index in [0.29, 0.717) is 5.75 Å². The van der Waals surface area contributed by atoms with Crippen molar-refractivity contribution in [3.63, 3.8) is 0 Å². The molecular formula is C14H21ClN2O3. The molecule has 2 unspecified atom stereocenters. The second-order valence-electron chi connectivity index (χ2n) is 4.85. The topological polar surface area (TPSA) is 70.6 Å². The first-order valence-electron chi connectivity index (χ1n) is 6.53. The number of benzene rings is 1. The number of carbonyl (C=O) groups excluding carboxylic acids is 1. The Labute approximate surface area is 125 Å². The third kappa shape index (κ3) is 3.77. The van der Waals surface area contributed by atoms with Crippen LogP contribution in [0.1, 0.15) is 30.1 Å². The quantitative estimate of drug-likeness (QED) is 0.794. The molecule has 1 heterocycles. The fourth-order valence-electron chi connectivity index (χ4n) is 2.31. The van der Waals surface area contributed by atoms with Gasteiger partial charge in [-0.15, -0.1) is 12.4 Å². The molecular weight excluding hydrogens is 280 g/mol. The molecule has 1 aromatic carbocycles. The summed E-state index contributed by atoms with van der Waals surface area (Å²) in [7, 11) is 1.53. The maximum Gasteiger partial charge on any atom is 0.255 e. The van der Waals surface area contributed by atoms with Crippen molar-refractivity contribution in [2.45, 2.75) is 31.8 Å². The van der Waals surface area contributed by atoms with Crippen molar-refractivity contribution in [2.75, 3.05) is 13.7 Å². The Morgan fingerprint density at radius 3 is 2.90 bits per heavy atom. The second kappa shape index (κ2) is 7.36. The van der Waals surface area contributed by atoms with Gasteiger partial charge in [0.05, 0.1) is 12.7 Å². The Bertz CT molecular complexity index is 468. The third-order valence-corrected chi connectivity index (χ3v) is 3.53. The molecule has 5 nitrogen and oxygen atoms in total. The smallest absolute Gasteiger partial charge is 0.255 e. The van der Waals surface area contributed by atoms with Crippen molar-refractivity contribution in [2.24, 2.45) is 0 Å². The lowest BCUT2D eigenvalue weighted by atomic mass is 9.99. The summed E-state index contributed by atoms with van der Waals surface area (Å²) in [5.41, 5.74) is 0.247. The molecule has 3 N–H and O–H groups in total. The van der Waals surface area contributed by atoms with Crippen LogP contribution in [0.2, 0.25) is 0 Å². The summed E-state index contributed by atoms with van der Waals surface area (Å²) in [5, 5.41) is 16.0. The number of amides is 1. The lowest BCUT2D eigenvalue weighted by Gasteiger charge is -2.30. The van der Waals surface area contributed by atoms with Gasteiger partial charge in [-0.25, -0.2) is 0 Å². The van der Waals surface area contributed by atoms with Gasteiger partial charge in [0, 0.05) is 12.1 Å². The summed E-state index contributed by atoms with van der Waals surface area (Å²) in [6.45, 7) is 3.04. The standard InChI is InChI=1S/C14H20N2O3.ClH/c1-9-12(4-3-7-15-9)16-14(18)11-8-10(19-2)5-6-13(11)17;/h5-6,8-9,12,15,17H,3-4,7H2,1-2H3,(H,16,18);1H. The summed E-state index contributed by atoms with van der Waals surface area (Å²) in [6, 6.07) is 4.97. The lowest BCUT2D eigenvalue weighted by Crippen LogP contribution is -2.51. The van der Waals surface area contributed by atoms with E-state index < -0.39 is 0 Å². The highest BCUT2D eigenvalue weighted by molar-refractivity contribution is 5.97. The third-order valence-electron chi connectivity index (χ3n) is 3.53. The van der Waals surface area contributed by atoms with Gasteiger partial charge >= 0.3 is 0 Å². The highest BCUT2D eigenvalue weighted by atomic mass is 35.5. The number of rotatable bonds is 3. The molecule has 6 heteroatoms. The molecule has 2 rings (SSSR count). The van der Waals surface area contributed by atoms with Crippen molar-refractivity contribution in [1.29, 1.82) is 0 Å². The fraction of sp³-hybridized carbons (Fsp3) is 0.500. The SMILES string of the molecule is COc1ccc(O)c(C(=O)NC2CCCNC2C)c1.Cl. The molecule has 0 aromatic heterocycles. The number of nitrogens with one attached hydrogen (secondary N) is 2. The van der Waals surface area contributed by atoms with Crippen LogP contribution in [0.3, 0.4) is 0 Å². The molecule has 1 aromatic rings. The molecule has 112 valence electrons. The van der Waals surface area contributed by atoms with Crippen LogP contribution >= 0.6 is 12.4 Å². The van der Waals surface area contributed by atoms with Crippen LogP contribution in [0, 0.1) is 0 Å². The normalized spacial score (nSPS) is 21.7. The van der Waals surface area contributed by atoms with Crippen LogP contribution in [0.15, 0.2) is 18.2 Å². The first kappa shape index (κ1) is 16.6. The molecule has 1 saturated heterocycles. The minimum atomic E-state index is -0.267. The maximum absolute atomic E-state index is 12.2. The van der Waals surface area contributed by atoms with E-state index in [4.69, 9.17) is 4.74 Å². The number of hydrogen-bond donors (Lipinski definition) is 3. The van der Waals surface area contributed by atoms with E-state index in [0.717, 1.165) is 19.4 Å². The molecule has 20 heavy (non-hydrogen) atoms. The van der Waals surface area contributed by atoms with Crippen LogP contribution in [-0.4, -0.2) is 36.8 Å². The van der Waals surface area contributed by atoms with E-state index in [2.05, 4.69) is 17.6 Å². The monoisotopic (exact) mass is 300 g/mol. The van der Waals surface area contributed by atoms with Crippen LogP contribution in [0.4, 0.5) is 0 Å². The van der Waals surface area contributed by atoms with Crippen LogP contribution in [0.5, 0.6) is 11.5 Å². The van der Waals surface area contributed by atoms with E-state index in [1.807, 2.05) is 0 Å². The first-order chi connectivity index (χ1) is 9.11. The van der Waals surface area contributed by atoms with Crippen molar-refractivity contribution in [1.82, 2.24) is 10.6 Å². The molecule has 1 aliphatic heterocycles. The molecule has 1 aliphatic rings. The van der Waals surface area contributed by atoms with Crippen molar-refractivity contribution in [3.05, 3.63) is 23.8 Å². The largest absolute Gasteiger partial charge is 0.507 e. The molecule has 0 bridgehead atoms. The van der Waals surface area contributed by atoms with Gasteiger partial charge in [-0.05, 0) is 44.5 Å². The van der Waals surface area contributed by atoms with Crippen molar-refractivity contribution in [3.8, 4) is 11.5 Å². The van der Waals surface area contributed by atoms with Crippen molar-refractivity contribution >= 4 is 18.3 Å². The lowest BCUT2D eigenvalue weighted by molar-refractivity contribution is 0.0917. The van der Waals surface area contributed by atoms with Gasteiger partial charge in [-0.2, -0.15) is 0 Å². The van der Waals surface area contributed by atoms with Gasteiger partial charge in [-0.3, -0.25) is 4.79 Å². The van der Waals surface area contributed by atoms with Gasteiger partial charge in [0.1, 0.15) is 11.5 Å². The predicted octanol–water partition coefficient (Wildman–Crippen LogP) is 1.69. The minimum absolute atomic E-state index is 0. The van der Waals surface area contributed by atoms with E-state index >= 15 is 0 Å². The second-order valence-corrected chi connectivity index (χ2v) is 4.85. The summed E-state index contributed by atoms with van der Waals surface area (Å²) >= 11 is 0. The number of methoxy groups -OCH3 is 1. The molecule has 0 saturated carbocycles. The van der Waals surface area contributed by atoms with Crippen LogP contribution < -0.4 is 15.4 Å². The fourth-order valence-corrected chi connectivity index (χ4v) is 2.31. The summed E-state index contributed by atoms with van der Waals surface area (Å²) in [5.74, 6) is 0.254. The summed E-state index contributed by atoms with van der Waals surface area (Å²) in [4.78, 5) is 12.2. The zero-order chi connectivity index (χ0) is 13.8.